The van der Waals surface area contributed by atoms with Crippen LogP contribution in [0.25, 0.3) is 0 Å². The van der Waals surface area contributed by atoms with Crippen molar-refractivity contribution in [1.29, 1.82) is 0 Å². The standard InChI is InChI=1S/C27H26F4N4O3/c1-2-32-25-33-22-16-34(26(37)38-17-20(28)15-27(29,30)31)14-13-21(22)24(36)35(25)23(18-9-5-3-6-10-18)19-11-7-4-8-12-19/h3-12,15,23H,2,13-14,16-17H2,1H3,(H,32,33)/b20-15-. The van der Waals surface area contributed by atoms with Crippen molar-refractivity contribution in [3.8, 4) is 0 Å². The Kier molecular flexibility index (Phi) is 8.13. The molecule has 0 aliphatic carbocycles. The highest BCUT2D eigenvalue weighted by Crippen LogP contribution is 2.29. The van der Waals surface area contributed by atoms with E-state index in [1.165, 1.54) is 4.90 Å². The summed E-state index contributed by atoms with van der Waals surface area (Å²) in [5.41, 5.74) is 2.27. The summed E-state index contributed by atoms with van der Waals surface area (Å²) in [7, 11) is 0. The lowest BCUT2D eigenvalue weighted by Crippen LogP contribution is -2.42. The Morgan fingerprint density at radius 1 is 1.11 bits per heavy atom. The largest absolute Gasteiger partial charge is 0.442 e. The molecule has 7 nitrogen and oxygen atoms in total. The van der Waals surface area contributed by atoms with E-state index in [9.17, 15) is 27.2 Å². The number of halogens is 4. The zero-order valence-electron chi connectivity index (χ0n) is 20.5. The van der Waals surface area contributed by atoms with Crippen LogP contribution in [0.3, 0.4) is 0 Å². The zero-order valence-corrected chi connectivity index (χ0v) is 20.5. The second-order valence-electron chi connectivity index (χ2n) is 8.65. The quantitative estimate of drug-likeness (QED) is 0.424. The van der Waals surface area contributed by atoms with Gasteiger partial charge in [0, 0.05) is 18.7 Å². The molecule has 1 amide bonds. The molecule has 11 heteroatoms. The van der Waals surface area contributed by atoms with Gasteiger partial charge in [-0.1, -0.05) is 60.7 Å². The van der Waals surface area contributed by atoms with Gasteiger partial charge in [0.25, 0.3) is 5.56 Å². The number of rotatable bonds is 7. The van der Waals surface area contributed by atoms with Crippen LogP contribution in [0.1, 0.15) is 35.3 Å². The number of nitrogens with one attached hydrogen (secondary N) is 1. The number of hydrogen-bond acceptors (Lipinski definition) is 5. The van der Waals surface area contributed by atoms with Crippen LogP contribution in [0.15, 0.2) is 77.4 Å². The zero-order chi connectivity index (χ0) is 27.3. The normalized spacial score (nSPS) is 13.8. The lowest BCUT2D eigenvalue weighted by Gasteiger charge is -2.30. The Balaban J connectivity index is 1.68. The van der Waals surface area contributed by atoms with Gasteiger partial charge in [0.15, 0.2) is 0 Å². The third-order valence-electron chi connectivity index (χ3n) is 6.00. The van der Waals surface area contributed by atoms with Crippen molar-refractivity contribution in [2.24, 2.45) is 0 Å². The average Bonchev–Trinajstić information content (AvgIpc) is 2.89. The molecule has 2 aromatic carbocycles. The van der Waals surface area contributed by atoms with Crippen molar-refractivity contribution in [1.82, 2.24) is 14.5 Å². The van der Waals surface area contributed by atoms with Crippen LogP contribution < -0.4 is 10.9 Å². The van der Waals surface area contributed by atoms with Gasteiger partial charge in [-0.3, -0.25) is 9.36 Å². The number of ether oxygens (including phenoxy) is 1. The van der Waals surface area contributed by atoms with Crippen molar-refractivity contribution in [2.45, 2.75) is 32.1 Å². The molecule has 0 radical (unpaired) electrons. The number of anilines is 1. The van der Waals surface area contributed by atoms with Gasteiger partial charge in [-0.15, -0.1) is 0 Å². The minimum absolute atomic E-state index is 0.0647. The van der Waals surface area contributed by atoms with Crippen LogP contribution in [-0.4, -0.2) is 46.4 Å². The minimum Gasteiger partial charge on any atom is -0.442 e. The molecule has 4 rings (SSSR count). The summed E-state index contributed by atoms with van der Waals surface area (Å²) < 4.78 is 56.6. The van der Waals surface area contributed by atoms with Crippen molar-refractivity contribution in [3.63, 3.8) is 0 Å². The number of benzene rings is 2. The summed E-state index contributed by atoms with van der Waals surface area (Å²) in [6.07, 6.45) is -6.26. The molecule has 200 valence electrons. The van der Waals surface area contributed by atoms with E-state index in [-0.39, 0.29) is 25.1 Å². The van der Waals surface area contributed by atoms with Gasteiger partial charge in [-0.2, -0.15) is 13.2 Å². The molecule has 0 saturated carbocycles. The Labute approximate surface area is 216 Å². The average molecular weight is 531 g/mol. The van der Waals surface area contributed by atoms with Crippen LogP contribution in [0.5, 0.6) is 0 Å². The van der Waals surface area contributed by atoms with E-state index in [0.29, 0.717) is 23.8 Å². The monoisotopic (exact) mass is 530 g/mol. The first-order valence-electron chi connectivity index (χ1n) is 12.0. The van der Waals surface area contributed by atoms with E-state index < -0.39 is 36.8 Å². The van der Waals surface area contributed by atoms with Crippen molar-refractivity contribution < 1.29 is 27.1 Å². The molecule has 0 bridgehead atoms. The van der Waals surface area contributed by atoms with Gasteiger partial charge in [0.05, 0.1) is 24.4 Å². The number of alkyl halides is 3. The highest BCUT2D eigenvalue weighted by atomic mass is 19.4. The van der Waals surface area contributed by atoms with Crippen LogP contribution >= 0.6 is 0 Å². The molecule has 0 unspecified atom stereocenters. The van der Waals surface area contributed by atoms with Crippen LogP contribution in [0, 0.1) is 0 Å². The second-order valence-corrected chi connectivity index (χ2v) is 8.65. The lowest BCUT2D eigenvalue weighted by atomic mass is 9.97. The summed E-state index contributed by atoms with van der Waals surface area (Å²) in [6, 6.07) is 18.6. The minimum atomic E-state index is -4.86. The number of hydrogen-bond donors (Lipinski definition) is 1. The van der Waals surface area contributed by atoms with Gasteiger partial charge >= 0.3 is 12.3 Å². The second kappa shape index (κ2) is 11.5. The molecule has 0 atom stereocenters. The third-order valence-corrected chi connectivity index (χ3v) is 6.00. The number of carbonyl (C=O) groups is 1. The van der Waals surface area contributed by atoms with Crippen molar-refractivity contribution >= 4 is 12.0 Å². The fourth-order valence-electron chi connectivity index (χ4n) is 4.38. The molecule has 38 heavy (non-hydrogen) atoms. The van der Waals surface area contributed by atoms with E-state index in [4.69, 9.17) is 4.74 Å². The maximum atomic E-state index is 13.9. The first-order chi connectivity index (χ1) is 18.2. The van der Waals surface area contributed by atoms with E-state index in [0.717, 1.165) is 11.1 Å². The molecule has 1 aromatic heterocycles. The van der Waals surface area contributed by atoms with Gasteiger partial charge in [0.1, 0.15) is 12.4 Å². The summed E-state index contributed by atoms with van der Waals surface area (Å²) >= 11 is 0. The summed E-state index contributed by atoms with van der Waals surface area (Å²) in [6.45, 7) is 1.15. The summed E-state index contributed by atoms with van der Waals surface area (Å²) in [4.78, 5) is 32.2. The molecule has 0 fully saturated rings. The molecular formula is C27H26F4N4O3. The molecular weight excluding hydrogens is 504 g/mol. The number of allylic oxidation sites excluding steroid dienone is 1. The highest BCUT2D eigenvalue weighted by molar-refractivity contribution is 5.68. The Bertz CT molecular complexity index is 1320. The van der Waals surface area contributed by atoms with Gasteiger partial charge in [0.2, 0.25) is 5.95 Å². The van der Waals surface area contributed by atoms with Crippen LogP contribution in [0.2, 0.25) is 0 Å². The predicted octanol–water partition coefficient (Wildman–Crippen LogP) is 5.22. The van der Waals surface area contributed by atoms with Gasteiger partial charge in [-0.25, -0.2) is 14.2 Å². The molecule has 0 spiro atoms. The van der Waals surface area contributed by atoms with E-state index in [1.807, 2.05) is 67.6 Å². The maximum Gasteiger partial charge on any atom is 0.412 e. The van der Waals surface area contributed by atoms with Crippen molar-refractivity contribution in [3.05, 3.63) is 105 Å². The van der Waals surface area contributed by atoms with Crippen LogP contribution in [-0.2, 0) is 17.7 Å². The van der Waals surface area contributed by atoms with Crippen molar-refractivity contribution in [2.75, 3.05) is 25.0 Å². The fraction of sp³-hybridized carbons (Fsp3) is 0.296. The Morgan fingerprint density at radius 3 is 2.26 bits per heavy atom. The fourth-order valence-corrected chi connectivity index (χ4v) is 4.38. The number of fused-ring (bicyclic) bond motifs is 1. The lowest BCUT2D eigenvalue weighted by molar-refractivity contribution is -0.0819. The molecule has 1 aliphatic heterocycles. The Hall–Kier alpha value is -4.15. The SMILES string of the molecule is CCNc1nc2c(c(=O)n1C(c1ccccc1)c1ccccc1)CCN(C(=O)OC/C(F)=C/C(F)(F)F)C2. The molecule has 1 aliphatic rings. The molecule has 3 aromatic rings. The van der Waals surface area contributed by atoms with Gasteiger partial charge < -0.3 is 15.0 Å². The van der Waals surface area contributed by atoms with Gasteiger partial charge in [-0.05, 0) is 24.5 Å². The first kappa shape index (κ1) is 26.9. The molecule has 0 saturated heterocycles. The van der Waals surface area contributed by atoms with E-state index >= 15 is 0 Å². The topological polar surface area (TPSA) is 76.5 Å². The number of nitrogens with zero attached hydrogens (tertiary/aromatic N) is 3. The Morgan fingerprint density at radius 2 is 1.71 bits per heavy atom. The smallest absolute Gasteiger partial charge is 0.412 e. The molecule has 2 heterocycles. The van der Waals surface area contributed by atoms with Crippen LogP contribution in [0.4, 0.5) is 28.3 Å². The number of amides is 1. The molecule has 1 N–H and O–H groups in total. The predicted molar refractivity (Wildman–Crippen MR) is 133 cm³/mol. The highest BCUT2D eigenvalue weighted by Gasteiger charge is 2.30. The third kappa shape index (κ3) is 6.21. The van der Waals surface area contributed by atoms with E-state index in [1.54, 1.807) is 4.57 Å². The van der Waals surface area contributed by atoms with E-state index in [2.05, 4.69) is 10.3 Å². The number of aromatic nitrogens is 2. The summed E-state index contributed by atoms with van der Waals surface area (Å²) in [5.74, 6) is -1.31. The summed E-state index contributed by atoms with van der Waals surface area (Å²) in [5, 5.41) is 3.15. The number of carbonyl (C=O) groups excluding carboxylic acids is 1. The first-order valence-corrected chi connectivity index (χ1v) is 12.0. The maximum absolute atomic E-state index is 13.9.